The van der Waals surface area contributed by atoms with E-state index in [1.54, 1.807) is 28.1 Å². The third-order valence-electron chi connectivity index (χ3n) is 4.48. The molecule has 25 heavy (non-hydrogen) atoms. The maximum Gasteiger partial charge on any atom is 0.265 e. The summed E-state index contributed by atoms with van der Waals surface area (Å²) in [5.41, 5.74) is 0. The van der Waals surface area contributed by atoms with Crippen LogP contribution in [0.25, 0.3) is 0 Å². The Bertz CT molecular complexity index is 689. The fraction of sp³-hybridized carbons (Fsp3) is 0.667. The van der Waals surface area contributed by atoms with E-state index in [4.69, 9.17) is 0 Å². The van der Waals surface area contributed by atoms with Crippen LogP contribution in [0.2, 0.25) is 0 Å². The summed E-state index contributed by atoms with van der Waals surface area (Å²) in [6, 6.07) is 1.58. The molecule has 2 aliphatic heterocycles. The highest BCUT2D eigenvalue weighted by Gasteiger charge is 2.34. The normalized spacial score (nSPS) is 22.0. The number of likely N-dealkylation sites (tertiary alicyclic amines) is 1. The van der Waals surface area contributed by atoms with E-state index < -0.39 is 10.0 Å². The molecule has 0 spiro atoms. The van der Waals surface area contributed by atoms with Gasteiger partial charge in [0.15, 0.2) is 0 Å². The van der Waals surface area contributed by atoms with E-state index in [0.29, 0.717) is 37.0 Å². The van der Waals surface area contributed by atoms with E-state index in [0.717, 1.165) is 24.5 Å². The fourth-order valence-electron chi connectivity index (χ4n) is 3.20. The van der Waals surface area contributed by atoms with Crippen molar-refractivity contribution in [2.45, 2.75) is 11.3 Å². The molecule has 3 rings (SSSR count). The van der Waals surface area contributed by atoms with Crippen molar-refractivity contribution in [2.24, 2.45) is 5.92 Å². The van der Waals surface area contributed by atoms with E-state index >= 15 is 0 Å². The van der Waals surface area contributed by atoms with E-state index in [1.165, 1.54) is 15.6 Å². The minimum atomic E-state index is -3.58. The first-order valence-electron chi connectivity index (χ1n) is 8.13. The van der Waals surface area contributed by atoms with Gasteiger partial charge in [-0.25, -0.2) is 8.42 Å². The van der Waals surface area contributed by atoms with Gasteiger partial charge in [-0.3, -0.25) is 4.79 Å². The van der Waals surface area contributed by atoms with E-state index in [9.17, 15) is 13.2 Å². The number of hydrogen-bond donors (Lipinski definition) is 1. The number of nitrogens with zero attached hydrogens (tertiary/aromatic N) is 2. The number of thiophene rings is 1. The lowest BCUT2D eigenvalue weighted by Gasteiger charge is -2.26. The lowest BCUT2D eigenvalue weighted by atomic mass is 10.1. The number of sulfonamides is 1. The van der Waals surface area contributed by atoms with Gasteiger partial charge in [0.25, 0.3) is 5.91 Å². The quantitative estimate of drug-likeness (QED) is 0.775. The van der Waals surface area contributed by atoms with Crippen LogP contribution < -0.4 is 5.32 Å². The Hall–Kier alpha value is -0.320. The van der Waals surface area contributed by atoms with Crippen LogP contribution in [0.15, 0.2) is 16.3 Å². The number of nitrogens with one attached hydrogen (secondary N) is 1. The van der Waals surface area contributed by atoms with Crippen molar-refractivity contribution in [3.05, 3.63) is 16.3 Å². The van der Waals surface area contributed by atoms with Gasteiger partial charge in [-0.1, -0.05) is 0 Å². The zero-order valence-electron chi connectivity index (χ0n) is 14.1. The summed E-state index contributed by atoms with van der Waals surface area (Å²) in [5.74, 6) is 1.92. The number of rotatable bonds is 5. The predicted molar refractivity (Wildman–Crippen MR) is 106 cm³/mol. The van der Waals surface area contributed by atoms with Crippen LogP contribution in [0.3, 0.4) is 0 Å². The van der Waals surface area contributed by atoms with Gasteiger partial charge in [0, 0.05) is 37.7 Å². The second kappa shape index (κ2) is 9.05. The van der Waals surface area contributed by atoms with E-state index in [-0.39, 0.29) is 23.2 Å². The Kier molecular flexibility index (Phi) is 7.60. The van der Waals surface area contributed by atoms with Gasteiger partial charge in [0.05, 0.1) is 0 Å². The lowest BCUT2D eigenvalue weighted by molar-refractivity contribution is 0.0788. The van der Waals surface area contributed by atoms with Crippen LogP contribution in [-0.4, -0.2) is 74.8 Å². The highest BCUT2D eigenvalue weighted by molar-refractivity contribution is 7.99. The number of carbonyl (C=O) groups is 1. The predicted octanol–water partition coefficient (Wildman–Crippen LogP) is 1.59. The fourth-order valence-corrected chi connectivity index (χ4v) is 7.14. The van der Waals surface area contributed by atoms with Crippen molar-refractivity contribution < 1.29 is 13.2 Å². The first kappa shape index (κ1) is 21.0. The minimum Gasteiger partial charge on any atom is -0.338 e. The topological polar surface area (TPSA) is 69.7 Å². The summed E-state index contributed by atoms with van der Waals surface area (Å²) >= 11 is 3.00. The molecule has 0 saturated carbocycles. The van der Waals surface area contributed by atoms with Crippen LogP contribution in [-0.2, 0) is 10.0 Å². The SMILES string of the molecule is CNCC1CCN(C(=O)c2sccc2S(=O)(=O)N2CCSCC2)C1.Cl. The summed E-state index contributed by atoms with van der Waals surface area (Å²) < 4.78 is 27.3. The molecule has 142 valence electrons. The number of thioether (sulfide) groups is 1. The molecule has 0 aromatic carbocycles. The van der Waals surface area contributed by atoms with E-state index in [1.807, 2.05) is 7.05 Å². The summed E-state index contributed by atoms with van der Waals surface area (Å²) in [7, 11) is -1.67. The Morgan fingerprint density at radius 1 is 1.32 bits per heavy atom. The number of amides is 1. The number of hydrogen-bond acceptors (Lipinski definition) is 6. The van der Waals surface area contributed by atoms with Crippen molar-refractivity contribution in [3.63, 3.8) is 0 Å². The second-order valence-corrected chi connectivity index (χ2v) is 10.1. The molecular formula is C15H24ClN3O3S3. The molecule has 1 aromatic heterocycles. The molecule has 2 aliphatic rings. The van der Waals surface area contributed by atoms with Crippen molar-refractivity contribution in [1.29, 1.82) is 0 Å². The van der Waals surface area contributed by atoms with Crippen LogP contribution >= 0.6 is 35.5 Å². The number of carbonyl (C=O) groups excluding carboxylic acids is 1. The summed E-state index contributed by atoms with van der Waals surface area (Å²) in [4.78, 5) is 15.2. The molecule has 1 amide bonds. The van der Waals surface area contributed by atoms with Gasteiger partial charge in [0.2, 0.25) is 10.0 Å². The summed E-state index contributed by atoms with van der Waals surface area (Å²) in [6.45, 7) is 3.31. The molecule has 3 heterocycles. The Morgan fingerprint density at radius 3 is 2.72 bits per heavy atom. The average molecular weight is 426 g/mol. The van der Waals surface area contributed by atoms with Crippen LogP contribution in [0.1, 0.15) is 16.1 Å². The Balaban J connectivity index is 0.00000225. The van der Waals surface area contributed by atoms with Gasteiger partial charge in [0.1, 0.15) is 9.77 Å². The third kappa shape index (κ3) is 4.51. The molecule has 2 fully saturated rings. The molecule has 0 aliphatic carbocycles. The van der Waals surface area contributed by atoms with Crippen molar-refractivity contribution in [3.8, 4) is 0 Å². The molecule has 1 unspecified atom stereocenters. The molecule has 0 radical (unpaired) electrons. The average Bonchev–Trinajstić information content (AvgIpc) is 3.25. The molecule has 0 bridgehead atoms. The van der Waals surface area contributed by atoms with Crippen molar-refractivity contribution >= 4 is 51.4 Å². The van der Waals surface area contributed by atoms with Gasteiger partial charge in [-0.15, -0.1) is 23.7 Å². The highest BCUT2D eigenvalue weighted by Crippen LogP contribution is 2.29. The van der Waals surface area contributed by atoms with Crippen LogP contribution in [0.5, 0.6) is 0 Å². The molecule has 2 saturated heterocycles. The van der Waals surface area contributed by atoms with Gasteiger partial charge >= 0.3 is 0 Å². The van der Waals surface area contributed by atoms with Gasteiger partial charge in [-0.05, 0) is 37.4 Å². The molecule has 1 atom stereocenters. The molecule has 1 N–H and O–H groups in total. The lowest BCUT2D eigenvalue weighted by Crippen LogP contribution is -2.38. The summed E-state index contributed by atoms with van der Waals surface area (Å²) in [5, 5.41) is 4.85. The Morgan fingerprint density at radius 2 is 2.04 bits per heavy atom. The maximum atomic E-state index is 12.9. The van der Waals surface area contributed by atoms with Crippen molar-refractivity contribution in [2.75, 3.05) is 51.3 Å². The zero-order chi connectivity index (χ0) is 17.2. The molecule has 10 heteroatoms. The van der Waals surface area contributed by atoms with Gasteiger partial charge in [-0.2, -0.15) is 16.1 Å². The van der Waals surface area contributed by atoms with Gasteiger partial charge < -0.3 is 10.2 Å². The van der Waals surface area contributed by atoms with Crippen LogP contribution in [0, 0.1) is 5.92 Å². The molecule has 6 nitrogen and oxygen atoms in total. The van der Waals surface area contributed by atoms with E-state index in [2.05, 4.69) is 5.32 Å². The zero-order valence-corrected chi connectivity index (χ0v) is 17.4. The first-order valence-corrected chi connectivity index (χ1v) is 11.6. The Labute approximate surface area is 163 Å². The number of halogens is 1. The van der Waals surface area contributed by atoms with Crippen LogP contribution in [0.4, 0.5) is 0 Å². The van der Waals surface area contributed by atoms with Crippen molar-refractivity contribution in [1.82, 2.24) is 14.5 Å². The second-order valence-electron chi connectivity index (χ2n) is 6.09. The largest absolute Gasteiger partial charge is 0.338 e. The molecule has 1 aromatic rings. The molecular weight excluding hydrogens is 402 g/mol. The third-order valence-corrected chi connectivity index (χ3v) is 8.39. The smallest absolute Gasteiger partial charge is 0.265 e. The highest BCUT2D eigenvalue weighted by atomic mass is 35.5. The minimum absolute atomic E-state index is 0. The maximum absolute atomic E-state index is 12.9. The first-order chi connectivity index (χ1) is 11.5. The standard InChI is InChI=1S/C15H23N3O3S3.ClH/c1-16-10-12-2-4-17(11-12)15(19)14-13(3-7-23-14)24(20,21)18-5-8-22-9-6-18;/h3,7,12,16H,2,4-6,8-11H2,1H3;1H. The summed E-state index contributed by atoms with van der Waals surface area (Å²) in [6.07, 6.45) is 0.962. The monoisotopic (exact) mass is 425 g/mol.